The maximum absolute atomic E-state index is 11.8. The molecule has 1 fully saturated rings. The van der Waals surface area contributed by atoms with Gasteiger partial charge in [-0.1, -0.05) is 13.8 Å². The Morgan fingerprint density at radius 2 is 1.94 bits per heavy atom. The van der Waals surface area contributed by atoms with Crippen LogP contribution in [-0.4, -0.2) is 62.0 Å². The number of hydrogen-bond acceptors (Lipinski definition) is 3. The summed E-state index contributed by atoms with van der Waals surface area (Å²) >= 11 is 0. The maximum Gasteiger partial charge on any atom is 0.239 e. The van der Waals surface area contributed by atoms with E-state index in [4.69, 9.17) is 0 Å². The monoisotopic (exact) mass is 241 g/mol. The fraction of sp³-hybridized carbons (Fsp3) is 0.923. The van der Waals surface area contributed by atoms with Crippen LogP contribution in [0.1, 0.15) is 26.7 Å². The van der Waals surface area contributed by atoms with Crippen LogP contribution in [0.15, 0.2) is 0 Å². The molecule has 0 spiro atoms. The standard InChI is InChI=1S/C13H27N3O/c1-10(2)8-16(5)9-11-6-7-12(14-11)13(17)15(3)4/h10-12,14H,6-9H2,1-5H3. The summed E-state index contributed by atoms with van der Waals surface area (Å²) in [5.74, 6) is 0.902. The fourth-order valence-corrected chi connectivity index (χ4v) is 2.54. The van der Waals surface area contributed by atoms with Gasteiger partial charge in [0.25, 0.3) is 0 Å². The van der Waals surface area contributed by atoms with Gasteiger partial charge in [0.1, 0.15) is 0 Å². The van der Waals surface area contributed by atoms with Gasteiger partial charge in [-0.3, -0.25) is 4.79 Å². The zero-order valence-electron chi connectivity index (χ0n) is 11.9. The molecular weight excluding hydrogens is 214 g/mol. The molecule has 1 amide bonds. The maximum atomic E-state index is 11.8. The van der Waals surface area contributed by atoms with Crippen molar-refractivity contribution in [3.8, 4) is 0 Å². The summed E-state index contributed by atoms with van der Waals surface area (Å²) in [6.45, 7) is 6.62. The molecule has 2 unspecified atom stereocenters. The van der Waals surface area contributed by atoms with Crippen molar-refractivity contribution < 1.29 is 4.79 Å². The minimum absolute atomic E-state index is 0.0300. The highest BCUT2D eigenvalue weighted by Gasteiger charge is 2.30. The van der Waals surface area contributed by atoms with E-state index in [-0.39, 0.29) is 11.9 Å². The average Bonchev–Trinajstić information content (AvgIpc) is 2.63. The lowest BCUT2D eigenvalue weighted by molar-refractivity contribution is -0.130. The van der Waals surface area contributed by atoms with Gasteiger partial charge in [0.2, 0.25) is 5.91 Å². The number of carbonyl (C=O) groups excluding carboxylic acids is 1. The summed E-state index contributed by atoms with van der Waals surface area (Å²) in [5, 5.41) is 3.44. The number of likely N-dealkylation sites (N-methyl/N-ethyl adjacent to an activating group) is 2. The van der Waals surface area contributed by atoms with Crippen LogP contribution in [0.5, 0.6) is 0 Å². The molecule has 1 aliphatic rings. The molecule has 1 aliphatic heterocycles. The van der Waals surface area contributed by atoms with Gasteiger partial charge in [-0.05, 0) is 25.8 Å². The Labute approximate surface area is 105 Å². The molecule has 0 saturated carbocycles. The second-order valence-corrected chi connectivity index (χ2v) is 5.84. The van der Waals surface area contributed by atoms with Gasteiger partial charge < -0.3 is 15.1 Å². The molecule has 0 aromatic rings. The van der Waals surface area contributed by atoms with E-state index in [9.17, 15) is 4.79 Å². The molecule has 0 aromatic carbocycles. The summed E-state index contributed by atoms with van der Waals surface area (Å²) in [6.07, 6.45) is 2.07. The molecule has 4 heteroatoms. The molecule has 1 rings (SSSR count). The smallest absolute Gasteiger partial charge is 0.239 e. The van der Waals surface area contributed by atoms with E-state index in [0.717, 1.165) is 25.9 Å². The van der Waals surface area contributed by atoms with Crippen LogP contribution < -0.4 is 5.32 Å². The van der Waals surface area contributed by atoms with E-state index < -0.39 is 0 Å². The third kappa shape index (κ3) is 4.64. The molecule has 2 atom stereocenters. The zero-order valence-corrected chi connectivity index (χ0v) is 11.9. The highest BCUT2D eigenvalue weighted by molar-refractivity contribution is 5.81. The second-order valence-electron chi connectivity index (χ2n) is 5.84. The number of nitrogens with one attached hydrogen (secondary N) is 1. The van der Waals surface area contributed by atoms with Crippen molar-refractivity contribution in [2.24, 2.45) is 5.92 Å². The lowest BCUT2D eigenvalue weighted by atomic mass is 10.1. The first-order valence-corrected chi connectivity index (χ1v) is 6.56. The third-order valence-corrected chi connectivity index (χ3v) is 3.19. The summed E-state index contributed by atoms with van der Waals surface area (Å²) in [7, 11) is 5.80. The van der Waals surface area contributed by atoms with Crippen molar-refractivity contribution in [1.82, 2.24) is 15.1 Å². The molecule has 4 nitrogen and oxygen atoms in total. The number of nitrogens with zero attached hydrogens (tertiary/aromatic N) is 2. The summed E-state index contributed by atoms with van der Waals surface area (Å²) in [6, 6.07) is 0.495. The van der Waals surface area contributed by atoms with Crippen LogP contribution in [0.4, 0.5) is 0 Å². The van der Waals surface area contributed by atoms with Crippen molar-refractivity contribution in [1.29, 1.82) is 0 Å². The predicted octanol–water partition coefficient (Wildman–Crippen LogP) is 0.783. The topological polar surface area (TPSA) is 35.6 Å². The Bertz CT molecular complexity index is 253. The van der Waals surface area contributed by atoms with Crippen LogP contribution in [0.2, 0.25) is 0 Å². The minimum atomic E-state index is 0.0300. The first-order valence-electron chi connectivity index (χ1n) is 6.56. The van der Waals surface area contributed by atoms with Gasteiger partial charge in [-0.25, -0.2) is 0 Å². The van der Waals surface area contributed by atoms with E-state index in [1.165, 1.54) is 0 Å². The SMILES string of the molecule is CC(C)CN(C)CC1CCC(C(=O)N(C)C)N1. The van der Waals surface area contributed by atoms with E-state index in [2.05, 4.69) is 31.1 Å². The zero-order chi connectivity index (χ0) is 13.0. The van der Waals surface area contributed by atoms with Crippen molar-refractivity contribution in [3.05, 3.63) is 0 Å². The minimum Gasteiger partial charge on any atom is -0.347 e. The fourth-order valence-electron chi connectivity index (χ4n) is 2.54. The molecule has 1 heterocycles. The van der Waals surface area contributed by atoms with Gasteiger partial charge in [-0.2, -0.15) is 0 Å². The van der Waals surface area contributed by atoms with Gasteiger partial charge in [-0.15, -0.1) is 0 Å². The number of amides is 1. The number of hydrogen-bond donors (Lipinski definition) is 1. The summed E-state index contributed by atoms with van der Waals surface area (Å²) in [4.78, 5) is 15.8. The van der Waals surface area contributed by atoms with Gasteiger partial charge >= 0.3 is 0 Å². The Hall–Kier alpha value is -0.610. The van der Waals surface area contributed by atoms with Crippen molar-refractivity contribution >= 4 is 5.91 Å². The van der Waals surface area contributed by atoms with E-state index in [1.54, 1.807) is 4.90 Å². The number of carbonyl (C=O) groups is 1. The summed E-state index contributed by atoms with van der Waals surface area (Å²) < 4.78 is 0. The molecule has 17 heavy (non-hydrogen) atoms. The molecule has 0 aromatic heterocycles. The third-order valence-electron chi connectivity index (χ3n) is 3.19. The molecule has 0 radical (unpaired) electrons. The van der Waals surface area contributed by atoms with Gasteiger partial charge in [0.15, 0.2) is 0 Å². The van der Waals surface area contributed by atoms with Gasteiger partial charge in [0.05, 0.1) is 6.04 Å². The van der Waals surface area contributed by atoms with Crippen LogP contribution in [0, 0.1) is 5.92 Å². The van der Waals surface area contributed by atoms with Crippen LogP contribution in [0.25, 0.3) is 0 Å². The molecule has 1 saturated heterocycles. The van der Waals surface area contributed by atoms with E-state index >= 15 is 0 Å². The second kappa shape index (κ2) is 6.36. The van der Waals surface area contributed by atoms with Crippen LogP contribution in [-0.2, 0) is 4.79 Å². The van der Waals surface area contributed by atoms with Crippen molar-refractivity contribution in [2.75, 3.05) is 34.2 Å². The molecule has 0 aliphatic carbocycles. The molecular formula is C13H27N3O. The first-order chi connectivity index (χ1) is 7.90. The van der Waals surface area contributed by atoms with Gasteiger partial charge in [0, 0.05) is 33.2 Å². The number of rotatable bonds is 5. The normalized spacial score (nSPS) is 24.6. The summed E-state index contributed by atoms with van der Waals surface area (Å²) in [5.41, 5.74) is 0. The highest BCUT2D eigenvalue weighted by Crippen LogP contribution is 2.15. The largest absolute Gasteiger partial charge is 0.347 e. The Balaban J connectivity index is 2.33. The Morgan fingerprint density at radius 3 is 2.47 bits per heavy atom. The Morgan fingerprint density at radius 1 is 1.29 bits per heavy atom. The lowest BCUT2D eigenvalue weighted by Crippen LogP contribution is -2.45. The van der Waals surface area contributed by atoms with Crippen molar-refractivity contribution in [3.63, 3.8) is 0 Å². The van der Waals surface area contributed by atoms with Crippen molar-refractivity contribution in [2.45, 2.75) is 38.8 Å². The van der Waals surface area contributed by atoms with Crippen LogP contribution in [0.3, 0.4) is 0 Å². The molecule has 0 bridgehead atoms. The lowest BCUT2D eigenvalue weighted by Gasteiger charge is -2.23. The highest BCUT2D eigenvalue weighted by atomic mass is 16.2. The van der Waals surface area contributed by atoms with Crippen LogP contribution >= 0.6 is 0 Å². The first kappa shape index (κ1) is 14.5. The van der Waals surface area contributed by atoms with E-state index in [0.29, 0.717) is 12.0 Å². The van der Waals surface area contributed by atoms with E-state index in [1.807, 2.05) is 14.1 Å². The molecule has 100 valence electrons. The predicted molar refractivity (Wildman–Crippen MR) is 71.0 cm³/mol. The average molecular weight is 241 g/mol. The molecule has 1 N–H and O–H groups in total. The Kier molecular flexibility index (Phi) is 5.40. The quantitative estimate of drug-likeness (QED) is 0.773.